The molecule has 3 N–H and O–H groups in total. The van der Waals surface area contributed by atoms with E-state index in [0.29, 0.717) is 18.0 Å². The minimum absolute atomic E-state index is 0.0534. The summed E-state index contributed by atoms with van der Waals surface area (Å²) in [6.45, 7) is 3.04. The highest BCUT2D eigenvalue weighted by molar-refractivity contribution is 7.89. The third-order valence-electron chi connectivity index (χ3n) is 3.43. The second kappa shape index (κ2) is 4.80. The zero-order valence-electron chi connectivity index (χ0n) is 9.96. The van der Waals surface area contributed by atoms with E-state index in [1.54, 1.807) is 16.6 Å². The standard InChI is InChI=1S/C11H19N3O2S/c1-9-2-3-10(6-12)8-14(9)17(15,16)11-4-5-13-7-11/h4-5,7,9-10,13H,2-3,6,8,12H2,1H3. The van der Waals surface area contributed by atoms with Gasteiger partial charge in [0.1, 0.15) is 0 Å². The molecule has 1 aliphatic heterocycles. The minimum Gasteiger partial charge on any atom is -0.366 e. The molecule has 0 aromatic carbocycles. The highest BCUT2D eigenvalue weighted by Gasteiger charge is 2.34. The van der Waals surface area contributed by atoms with Gasteiger partial charge in [-0.05, 0) is 38.3 Å². The molecule has 1 saturated heterocycles. The quantitative estimate of drug-likeness (QED) is 0.839. The maximum atomic E-state index is 12.4. The van der Waals surface area contributed by atoms with Crippen molar-refractivity contribution >= 4 is 10.0 Å². The SMILES string of the molecule is CC1CCC(CN)CN1S(=O)(=O)c1cc[nH]c1. The molecule has 0 aliphatic carbocycles. The van der Waals surface area contributed by atoms with E-state index in [0.717, 1.165) is 12.8 Å². The maximum absolute atomic E-state index is 12.4. The van der Waals surface area contributed by atoms with Crippen LogP contribution in [0.4, 0.5) is 0 Å². The van der Waals surface area contributed by atoms with Gasteiger partial charge in [-0.25, -0.2) is 8.42 Å². The van der Waals surface area contributed by atoms with E-state index >= 15 is 0 Å². The van der Waals surface area contributed by atoms with Gasteiger partial charge in [0.25, 0.3) is 0 Å². The highest BCUT2D eigenvalue weighted by Crippen LogP contribution is 2.27. The average Bonchev–Trinajstić information content (AvgIpc) is 2.83. The number of aromatic nitrogens is 1. The lowest BCUT2D eigenvalue weighted by atomic mass is 9.96. The fraction of sp³-hybridized carbons (Fsp3) is 0.636. The largest absolute Gasteiger partial charge is 0.366 e. The van der Waals surface area contributed by atoms with Crippen molar-refractivity contribution in [1.29, 1.82) is 0 Å². The fourth-order valence-electron chi connectivity index (χ4n) is 2.28. The first kappa shape index (κ1) is 12.6. The molecule has 0 saturated carbocycles. The van der Waals surface area contributed by atoms with Crippen LogP contribution in [-0.4, -0.2) is 36.8 Å². The van der Waals surface area contributed by atoms with Crippen LogP contribution >= 0.6 is 0 Å². The molecule has 0 bridgehead atoms. The van der Waals surface area contributed by atoms with Crippen molar-refractivity contribution in [3.8, 4) is 0 Å². The summed E-state index contributed by atoms with van der Waals surface area (Å²) in [6, 6.07) is 1.64. The van der Waals surface area contributed by atoms with Crippen molar-refractivity contribution in [3.05, 3.63) is 18.5 Å². The molecule has 17 heavy (non-hydrogen) atoms. The van der Waals surface area contributed by atoms with Gasteiger partial charge in [-0.15, -0.1) is 0 Å². The van der Waals surface area contributed by atoms with Crippen molar-refractivity contribution in [2.45, 2.75) is 30.7 Å². The van der Waals surface area contributed by atoms with Gasteiger partial charge < -0.3 is 10.7 Å². The third kappa shape index (κ3) is 2.38. The monoisotopic (exact) mass is 257 g/mol. The van der Waals surface area contributed by atoms with Crippen molar-refractivity contribution in [1.82, 2.24) is 9.29 Å². The Morgan fingerprint density at radius 1 is 1.53 bits per heavy atom. The third-order valence-corrected chi connectivity index (χ3v) is 5.41. The number of sulfonamides is 1. The lowest BCUT2D eigenvalue weighted by Crippen LogP contribution is -2.46. The molecule has 0 radical (unpaired) electrons. The van der Waals surface area contributed by atoms with E-state index in [2.05, 4.69) is 4.98 Å². The normalized spacial score (nSPS) is 27.2. The number of hydrogen-bond donors (Lipinski definition) is 2. The number of aromatic amines is 1. The van der Waals surface area contributed by atoms with Crippen molar-refractivity contribution in [2.24, 2.45) is 11.7 Å². The van der Waals surface area contributed by atoms with Crippen LogP contribution in [0.1, 0.15) is 19.8 Å². The number of nitrogens with zero attached hydrogens (tertiary/aromatic N) is 1. The lowest BCUT2D eigenvalue weighted by molar-refractivity contribution is 0.211. The van der Waals surface area contributed by atoms with Crippen molar-refractivity contribution in [2.75, 3.05) is 13.1 Å². The zero-order chi connectivity index (χ0) is 12.5. The molecule has 0 spiro atoms. The fourth-order valence-corrected chi connectivity index (χ4v) is 3.99. The van der Waals surface area contributed by atoms with E-state index in [-0.39, 0.29) is 12.0 Å². The number of H-pyrrole nitrogens is 1. The number of hydrogen-bond acceptors (Lipinski definition) is 3. The van der Waals surface area contributed by atoms with E-state index < -0.39 is 10.0 Å². The maximum Gasteiger partial charge on any atom is 0.244 e. The first-order valence-corrected chi connectivity index (χ1v) is 7.34. The van der Waals surface area contributed by atoms with Gasteiger partial charge in [0.2, 0.25) is 10.0 Å². The summed E-state index contributed by atoms with van der Waals surface area (Å²) in [4.78, 5) is 3.12. The summed E-state index contributed by atoms with van der Waals surface area (Å²) in [5.41, 5.74) is 5.65. The zero-order valence-corrected chi connectivity index (χ0v) is 10.8. The van der Waals surface area contributed by atoms with Crippen LogP contribution in [-0.2, 0) is 10.0 Å². The second-order valence-corrected chi connectivity index (χ2v) is 6.54. The predicted molar refractivity (Wildman–Crippen MR) is 65.9 cm³/mol. The van der Waals surface area contributed by atoms with E-state index in [4.69, 9.17) is 5.73 Å². The molecule has 2 unspecified atom stereocenters. The van der Waals surface area contributed by atoms with E-state index in [1.165, 1.54) is 6.20 Å². The molecule has 0 amide bonds. The molecule has 1 aromatic rings. The molecular weight excluding hydrogens is 238 g/mol. The Kier molecular flexibility index (Phi) is 3.56. The van der Waals surface area contributed by atoms with Gasteiger partial charge in [-0.2, -0.15) is 4.31 Å². The first-order valence-electron chi connectivity index (χ1n) is 5.90. The predicted octanol–water partition coefficient (Wildman–Crippen LogP) is 0.763. The van der Waals surface area contributed by atoms with Crippen LogP contribution in [0.5, 0.6) is 0 Å². The van der Waals surface area contributed by atoms with Crippen LogP contribution in [0.2, 0.25) is 0 Å². The Bertz CT molecular complexity index is 455. The molecule has 1 fully saturated rings. The number of nitrogens with one attached hydrogen (secondary N) is 1. The van der Waals surface area contributed by atoms with Crippen molar-refractivity contribution in [3.63, 3.8) is 0 Å². The van der Waals surface area contributed by atoms with Gasteiger partial charge in [-0.3, -0.25) is 0 Å². The second-order valence-electron chi connectivity index (χ2n) is 4.65. The van der Waals surface area contributed by atoms with Crippen LogP contribution in [0.15, 0.2) is 23.4 Å². The van der Waals surface area contributed by atoms with Crippen LogP contribution in [0, 0.1) is 5.92 Å². The van der Waals surface area contributed by atoms with Gasteiger partial charge in [-0.1, -0.05) is 0 Å². The molecule has 2 atom stereocenters. The molecular formula is C11H19N3O2S. The molecule has 96 valence electrons. The topological polar surface area (TPSA) is 79.2 Å². The van der Waals surface area contributed by atoms with Gasteiger partial charge in [0, 0.05) is 25.0 Å². The summed E-state index contributed by atoms with van der Waals surface area (Å²) >= 11 is 0. The van der Waals surface area contributed by atoms with Gasteiger partial charge in [0.05, 0.1) is 4.90 Å². The Labute approximate surface area is 102 Å². The van der Waals surface area contributed by atoms with Gasteiger partial charge >= 0.3 is 0 Å². The summed E-state index contributed by atoms with van der Waals surface area (Å²) in [5.74, 6) is 0.278. The Balaban J connectivity index is 2.26. The average molecular weight is 257 g/mol. The first-order chi connectivity index (χ1) is 8.05. The number of rotatable bonds is 3. The van der Waals surface area contributed by atoms with Crippen molar-refractivity contribution < 1.29 is 8.42 Å². The van der Waals surface area contributed by atoms with E-state index in [1.807, 2.05) is 6.92 Å². The number of nitrogens with two attached hydrogens (primary N) is 1. The van der Waals surface area contributed by atoms with Crippen LogP contribution in [0.25, 0.3) is 0 Å². The highest BCUT2D eigenvalue weighted by atomic mass is 32.2. The Morgan fingerprint density at radius 3 is 2.88 bits per heavy atom. The summed E-state index contributed by atoms with van der Waals surface area (Å²) < 4.78 is 26.4. The smallest absolute Gasteiger partial charge is 0.244 e. The Hall–Kier alpha value is -0.850. The molecule has 1 aromatic heterocycles. The summed E-state index contributed by atoms with van der Waals surface area (Å²) in [6.07, 6.45) is 5.04. The molecule has 2 rings (SSSR count). The lowest BCUT2D eigenvalue weighted by Gasteiger charge is -2.36. The molecule has 2 heterocycles. The number of piperidine rings is 1. The van der Waals surface area contributed by atoms with Crippen LogP contribution < -0.4 is 5.73 Å². The van der Waals surface area contributed by atoms with Crippen LogP contribution in [0.3, 0.4) is 0 Å². The molecule has 6 heteroatoms. The summed E-state index contributed by atoms with van der Waals surface area (Å²) in [7, 11) is -3.36. The molecule has 1 aliphatic rings. The molecule has 5 nitrogen and oxygen atoms in total. The van der Waals surface area contributed by atoms with E-state index in [9.17, 15) is 8.42 Å². The van der Waals surface area contributed by atoms with Gasteiger partial charge in [0.15, 0.2) is 0 Å². The minimum atomic E-state index is -3.36. The summed E-state index contributed by atoms with van der Waals surface area (Å²) in [5, 5.41) is 0. The Morgan fingerprint density at radius 2 is 2.29 bits per heavy atom.